The van der Waals surface area contributed by atoms with Crippen molar-refractivity contribution in [3.05, 3.63) is 0 Å². The zero-order valence-electron chi connectivity index (χ0n) is 8.22. The first kappa shape index (κ1) is 15.6. The van der Waals surface area contributed by atoms with Crippen LogP contribution in [0.3, 0.4) is 0 Å². The number of carbonyl (C=O) groups excluding carboxylic acids is 1. The third-order valence-electron chi connectivity index (χ3n) is 1.70. The maximum Gasteiger partial charge on any atom is 0.490 e. The van der Waals surface area contributed by atoms with Crippen LogP contribution in [0.4, 0.5) is 22.0 Å². The number of amides is 1. The molecule has 1 atom stereocenters. The summed E-state index contributed by atoms with van der Waals surface area (Å²) in [6.45, 7) is -0.444. The topological polar surface area (TPSA) is 92.4 Å². The molecule has 1 amide bonds. The van der Waals surface area contributed by atoms with E-state index in [0.717, 1.165) is 0 Å². The van der Waals surface area contributed by atoms with Gasteiger partial charge >= 0.3 is 12.1 Å². The van der Waals surface area contributed by atoms with E-state index in [1.165, 1.54) is 0 Å². The van der Waals surface area contributed by atoms with Crippen LogP contribution in [0.2, 0.25) is 0 Å². The fourth-order valence-corrected chi connectivity index (χ4v) is 0.917. The van der Waals surface area contributed by atoms with Crippen molar-refractivity contribution in [3.63, 3.8) is 0 Å². The van der Waals surface area contributed by atoms with Crippen LogP contribution in [0.1, 0.15) is 6.42 Å². The molecule has 0 radical (unpaired) electrons. The third-order valence-corrected chi connectivity index (χ3v) is 1.70. The molecule has 0 bridgehead atoms. The lowest BCUT2D eigenvalue weighted by Crippen LogP contribution is -2.36. The number of carbonyl (C=O) groups is 2. The van der Waals surface area contributed by atoms with Crippen LogP contribution >= 0.6 is 0 Å². The quantitative estimate of drug-likeness (QED) is 0.586. The Morgan fingerprint density at radius 1 is 1.35 bits per heavy atom. The van der Waals surface area contributed by atoms with E-state index in [1.807, 2.05) is 0 Å². The molecule has 0 aromatic rings. The van der Waals surface area contributed by atoms with Gasteiger partial charge in [-0.05, 0) is 0 Å². The number of primary amides is 1. The Labute approximate surface area is 91.8 Å². The highest BCUT2D eigenvalue weighted by atomic mass is 19.4. The van der Waals surface area contributed by atoms with E-state index in [2.05, 4.69) is 5.32 Å². The van der Waals surface area contributed by atoms with Crippen molar-refractivity contribution >= 4 is 11.9 Å². The molecule has 1 aliphatic heterocycles. The first-order valence-electron chi connectivity index (χ1n) is 4.16. The number of aliphatic carboxylic acids is 1. The van der Waals surface area contributed by atoms with Gasteiger partial charge in [-0.25, -0.2) is 13.6 Å². The average Bonchev–Trinajstić information content (AvgIpc) is 2.45. The van der Waals surface area contributed by atoms with E-state index in [4.69, 9.17) is 15.6 Å². The Kier molecular flexibility index (Phi) is 4.81. The van der Waals surface area contributed by atoms with Gasteiger partial charge in [0.1, 0.15) is 0 Å². The molecular weight excluding hydrogens is 255 g/mol. The molecule has 0 saturated carbocycles. The van der Waals surface area contributed by atoms with Gasteiger partial charge in [0, 0.05) is 6.42 Å². The van der Waals surface area contributed by atoms with Gasteiger partial charge in [-0.15, -0.1) is 0 Å². The maximum absolute atomic E-state index is 12.3. The lowest BCUT2D eigenvalue weighted by Gasteiger charge is -2.04. The van der Waals surface area contributed by atoms with Crippen LogP contribution < -0.4 is 11.1 Å². The van der Waals surface area contributed by atoms with Crippen molar-refractivity contribution in [1.29, 1.82) is 0 Å². The molecule has 1 saturated heterocycles. The molecule has 1 aliphatic rings. The highest BCUT2D eigenvalue weighted by Gasteiger charge is 2.41. The normalized spacial score (nSPS) is 22.5. The van der Waals surface area contributed by atoms with Gasteiger partial charge in [0.05, 0.1) is 12.6 Å². The second kappa shape index (κ2) is 5.25. The molecule has 17 heavy (non-hydrogen) atoms. The van der Waals surface area contributed by atoms with Gasteiger partial charge in [-0.1, -0.05) is 0 Å². The summed E-state index contributed by atoms with van der Waals surface area (Å²) in [5.74, 6) is -6.23. The summed E-state index contributed by atoms with van der Waals surface area (Å²) >= 11 is 0. The summed E-state index contributed by atoms with van der Waals surface area (Å²) in [6.07, 6.45) is -5.55. The van der Waals surface area contributed by atoms with Crippen molar-refractivity contribution in [2.45, 2.75) is 24.6 Å². The number of carboxylic acid groups (broad SMARTS) is 1. The Bertz CT molecular complexity index is 304. The van der Waals surface area contributed by atoms with Crippen LogP contribution in [-0.2, 0) is 9.59 Å². The summed E-state index contributed by atoms with van der Waals surface area (Å²) in [5, 5.41) is 9.45. The molecular formula is C7H9F5N2O3. The van der Waals surface area contributed by atoms with E-state index in [1.54, 1.807) is 0 Å². The number of nitrogens with two attached hydrogens (primary N) is 1. The molecule has 0 aliphatic carbocycles. The van der Waals surface area contributed by atoms with Gasteiger partial charge in [-0.2, -0.15) is 13.2 Å². The fourth-order valence-electron chi connectivity index (χ4n) is 0.917. The molecule has 1 rings (SSSR count). The zero-order valence-corrected chi connectivity index (χ0v) is 8.22. The standard InChI is InChI=1S/C5H8F2N2O.C2HF3O2/c6-5(7)1-3(4(8)10)9-2-5;3-2(4,5)1(6)7/h3,9H,1-2H2,(H2,8,10);(H,6,7)/t3-;/m0./s1. The molecule has 100 valence electrons. The summed E-state index contributed by atoms with van der Waals surface area (Å²) in [5.41, 5.74) is 4.78. The van der Waals surface area contributed by atoms with E-state index < -0.39 is 43.0 Å². The number of alkyl halides is 5. The van der Waals surface area contributed by atoms with Crippen molar-refractivity contribution in [3.8, 4) is 0 Å². The minimum absolute atomic E-state index is 0.444. The Balaban J connectivity index is 0.000000325. The minimum Gasteiger partial charge on any atom is -0.475 e. The average molecular weight is 264 g/mol. The fraction of sp³-hybridized carbons (Fsp3) is 0.714. The van der Waals surface area contributed by atoms with Crippen molar-refractivity contribution in [2.24, 2.45) is 5.73 Å². The van der Waals surface area contributed by atoms with Crippen LogP contribution in [0.25, 0.3) is 0 Å². The molecule has 0 aromatic heterocycles. The Morgan fingerprint density at radius 2 is 1.76 bits per heavy atom. The van der Waals surface area contributed by atoms with E-state index in [-0.39, 0.29) is 0 Å². The molecule has 0 unspecified atom stereocenters. The predicted molar refractivity (Wildman–Crippen MR) is 44.2 cm³/mol. The van der Waals surface area contributed by atoms with Crippen molar-refractivity contribution < 1.29 is 36.6 Å². The number of rotatable bonds is 1. The van der Waals surface area contributed by atoms with Gasteiger partial charge in [0.15, 0.2) is 0 Å². The number of hydrogen-bond acceptors (Lipinski definition) is 3. The van der Waals surface area contributed by atoms with Gasteiger partial charge in [0.25, 0.3) is 5.92 Å². The number of halogens is 5. The zero-order chi connectivity index (χ0) is 13.9. The highest BCUT2D eigenvalue weighted by molar-refractivity contribution is 5.80. The largest absolute Gasteiger partial charge is 0.490 e. The lowest BCUT2D eigenvalue weighted by atomic mass is 10.2. The van der Waals surface area contributed by atoms with Crippen LogP contribution in [0, 0.1) is 0 Å². The SMILES string of the molecule is NC(=O)[C@@H]1CC(F)(F)CN1.O=C(O)C(F)(F)F. The predicted octanol–water partition coefficient (Wildman–Crippen LogP) is 0.102. The van der Waals surface area contributed by atoms with E-state index in [9.17, 15) is 26.7 Å². The van der Waals surface area contributed by atoms with E-state index in [0.29, 0.717) is 0 Å². The number of nitrogens with one attached hydrogen (secondary N) is 1. The molecule has 1 fully saturated rings. The summed E-state index contributed by atoms with van der Waals surface area (Å²) in [6, 6.07) is -0.852. The molecule has 4 N–H and O–H groups in total. The van der Waals surface area contributed by atoms with Gasteiger partial charge in [-0.3, -0.25) is 10.1 Å². The smallest absolute Gasteiger partial charge is 0.475 e. The second-order valence-corrected chi connectivity index (χ2v) is 3.20. The first-order valence-corrected chi connectivity index (χ1v) is 4.16. The monoisotopic (exact) mass is 264 g/mol. The van der Waals surface area contributed by atoms with Crippen LogP contribution in [0.15, 0.2) is 0 Å². The summed E-state index contributed by atoms with van der Waals surface area (Å²) < 4.78 is 56.3. The lowest BCUT2D eigenvalue weighted by molar-refractivity contribution is -0.192. The molecule has 10 heteroatoms. The summed E-state index contributed by atoms with van der Waals surface area (Å²) in [4.78, 5) is 19.2. The Hall–Kier alpha value is -1.45. The van der Waals surface area contributed by atoms with Crippen LogP contribution in [0.5, 0.6) is 0 Å². The maximum atomic E-state index is 12.3. The van der Waals surface area contributed by atoms with Gasteiger partial charge in [0.2, 0.25) is 5.91 Å². The van der Waals surface area contributed by atoms with Crippen LogP contribution in [-0.4, -0.2) is 41.7 Å². The molecule has 5 nitrogen and oxygen atoms in total. The third kappa shape index (κ3) is 6.00. The summed E-state index contributed by atoms with van der Waals surface area (Å²) in [7, 11) is 0. The second-order valence-electron chi connectivity index (χ2n) is 3.20. The minimum atomic E-state index is -5.08. The van der Waals surface area contributed by atoms with Crippen molar-refractivity contribution in [1.82, 2.24) is 5.32 Å². The van der Waals surface area contributed by atoms with Crippen molar-refractivity contribution in [2.75, 3.05) is 6.54 Å². The first-order chi connectivity index (χ1) is 7.46. The molecule has 1 heterocycles. The number of carboxylic acids is 1. The molecule has 0 spiro atoms. The van der Waals surface area contributed by atoms with E-state index >= 15 is 0 Å². The number of hydrogen-bond donors (Lipinski definition) is 3. The molecule has 0 aromatic carbocycles. The van der Waals surface area contributed by atoms with Gasteiger partial charge < -0.3 is 10.8 Å². The highest BCUT2D eigenvalue weighted by Crippen LogP contribution is 2.24. The Morgan fingerprint density at radius 3 is 1.88 bits per heavy atom.